The highest BCUT2D eigenvalue weighted by Gasteiger charge is 2.36. The molecule has 1 aliphatic heterocycles. The van der Waals surface area contributed by atoms with Crippen LogP contribution in [0, 0.1) is 17.8 Å². The average molecular weight is 237 g/mol. The van der Waals surface area contributed by atoms with E-state index in [9.17, 15) is 0 Å². The summed E-state index contributed by atoms with van der Waals surface area (Å²) in [5.74, 6) is 2.74. The van der Waals surface area contributed by atoms with Crippen molar-refractivity contribution in [3.63, 3.8) is 0 Å². The van der Waals surface area contributed by atoms with Gasteiger partial charge in [-0.1, -0.05) is 33.6 Å². The third kappa shape index (κ3) is 3.05. The molecule has 0 spiro atoms. The van der Waals surface area contributed by atoms with E-state index in [2.05, 4.69) is 32.7 Å². The fourth-order valence-electron chi connectivity index (χ4n) is 3.93. The molecule has 4 unspecified atom stereocenters. The van der Waals surface area contributed by atoms with Gasteiger partial charge in [-0.05, 0) is 56.9 Å². The summed E-state index contributed by atoms with van der Waals surface area (Å²) < 4.78 is 0. The molecule has 17 heavy (non-hydrogen) atoms. The summed E-state index contributed by atoms with van der Waals surface area (Å²) in [5, 5.41) is 0. The lowest BCUT2D eigenvalue weighted by Gasteiger charge is -2.47. The van der Waals surface area contributed by atoms with Gasteiger partial charge in [-0.15, -0.1) is 0 Å². The summed E-state index contributed by atoms with van der Waals surface area (Å²) >= 11 is 0. The molecule has 0 amide bonds. The Morgan fingerprint density at radius 2 is 1.71 bits per heavy atom. The van der Waals surface area contributed by atoms with Gasteiger partial charge in [0.1, 0.15) is 0 Å². The van der Waals surface area contributed by atoms with Crippen LogP contribution in [0.3, 0.4) is 0 Å². The van der Waals surface area contributed by atoms with Gasteiger partial charge in [0.25, 0.3) is 0 Å². The van der Waals surface area contributed by atoms with Crippen LogP contribution in [0.15, 0.2) is 0 Å². The van der Waals surface area contributed by atoms with Crippen LogP contribution in [0.2, 0.25) is 0 Å². The van der Waals surface area contributed by atoms with Crippen LogP contribution in [0.1, 0.15) is 65.7 Å². The molecule has 2 aliphatic rings. The molecular formula is C16H31N. The highest BCUT2D eigenvalue weighted by molar-refractivity contribution is 4.91. The monoisotopic (exact) mass is 237 g/mol. The molecule has 0 aromatic heterocycles. The molecular weight excluding hydrogens is 206 g/mol. The molecule has 2 rings (SSSR count). The predicted octanol–water partition coefficient (Wildman–Crippen LogP) is 4.32. The van der Waals surface area contributed by atoms with Crippen molar-refractivity contribution in [1.29, 1.82) is 0 Å². The normalized spacial score (nSPS) is 36.9. The van der Waals surface area contributed by atoms with Crippen LogP contribution in [0.5, 0.6) is 0 Å². The van der Waals surface area contributed by atoms with Gasteiger partial charge in [0.2, 0.25) is 0 Å². The number of fused-ring (bicyclic) bond motifs is 1. The lowest BCUT2D eigenvalue weighted by atomic mass is 9.75. The summed E-state index contributed by atoms with van der Waals surface area (Å²) in [6.45, 7) is 7.18. The number of hydrogen-bond donors (Lipinski definition) is 0. The lowest BCUT2D eigenvalue weighted by molar-refractivity contribution is 0.0248. The zero-order chi connectivity index (χ0) is 12.4. The lowest BCUT2D eigenvalue weighted by Crippen LogP contribution is -2.50. The van der Waals surface area contributed by atoms with Gasteiger partial charge in [0, 0.05) is 12.1 Å². The first kappa shape index (κ1) is 13.4. The van der Waals surface area contributed by atoms with E-state index in [1.807, 2.05) is 0 Å². The number of hydrogen-bond acceptors (Lipinski definition) is 1. The largest absolute Gasteiger partial charge is 0.300 e. The fourth-order valence-corrected chi connectivity index (χ4v) is 3.93. The maximum atomic E-state index is 2.76. The third-order valence-electron chi connectivity index (χ3n) is 5.62. The molecule has 2 fully saturated rings. The van der Waals surface area contributed by atoms with E-state index in [1.165, 1.54) is 44.9 Å². The minimum Gasteiger partial charge on any atom is -0.300 e. The first-order valence-corrected chi connectivity index (χ1v) is 7.81. The minimum absolute atomic E-state index is 0.840. The van der Waals surface area contributed by atoms with Crippen LogP contribution in [-0.2, 0) is 0 Å². The highest BCUT2D eigenvalue weighted by atomic mass is 15.2. The molecule has 0 radical (unpaired) electrons. The van der Waals surface area contributed by atoms with Gasteiger partial charge < -0.3 is 4.90 Å². The van der Waals surface area contributed by atoms with Crippen molar-refractivity contribution in [2.75, 3.05) is 7.05 Å². The van der Waals surface area contributed by atoms with E-state index in [-0.39, 0.29) is 0 Å². The summed E-state index contributed by atoms with van der Waals surface area (Å²) in [4.78, 5) is 2.76. The quantitative estimate of drug-likeness (QED) is 0.706. The SMILES string of the molecule is CC(C)C(C)CC1CCC2CCCCC2N1C. The number of rotatable bonds is 3. The van der Waals surface area contributed by atoms with E-state index in [4.69, 9.17) is 0 Å². The van der Waals surface area contributed by atoms with Crippen molar-refractivity contribution in [2.24, 2.45) is 17.8 Å². The molecule has 0 aromatic rings. The smallest absolute Gasteiger partial charge is 0.0123 e. The summed E-state index contributed by atoms with van der Waals surface area (Å²) in [5.41, 5.74) is 0. The minimum atomic E-state index is 0.840. The molecule has 1 aliphatic carbocycles. The Labute approximate surface area is 108 Å². The average Bonchev–Trinajstić information content (AvgIpc) is 2.33. The molecule has 1 heteroatoms. The van der Waals surface area contributed by atoms with E-state index < -0.39 is 0 Å². The summed E-state index contributed by atoms with van der Waals surface area (Å²) in [7, 11) is 2.40. The van der Waals surface area contributed by atoms with Crippen molar-refractivity contribution in [2.45, 2.75) is 77.8 Å². The summed E-state index contributed by atoms with van der Waals surface area (Å²) in [6, 6.07) is 1.79. The predicted molar refractivity (Wildman–Crippen MR) is 75.2 cm³/mol. The Morgan fingerprint density at radius 1 is 1.00 bits per heavy atom. The van der Waals surface area contributed by atoms with Crippen LogP contribution in [0.25, 0.3) is 0 Å². The molecule has 4 atom stereocenters. The first-order chi connectivity index (χ1) is 8.09. The second-order valence-corrected chi connectivity index (χ2v) is 6.97. The number of likely N-dealkylation sites (tertiary alicyclic amines) is 1. The van der Waals surface area contributed by atoms with E-state index in [0.29, 0.717) is 0 Å². The third-order valence-corrected chi connectivity index (χ3v) is 5.62. The Hall–Kier alpha value is -0.0400. The maximum absolute atomic E-state index is 2.76. The van der Waals surface area contributed by atoms with Crippen LogP contribution in [0.4, 0.5) is 0 Å². The maximum Gasteiger partial charge on any atom is 0.0123 e. The number of nitrogens with zero attached hydrogens (tertiary/aromatic N) is 1. The van der Waals surface area contributed by atoms with Gasteiger partial charge in [-0.25, -0.2) is 0 Å². The molecule has 1 saturated carbocycles. The fraction of sp³-hybridized carbons (Fsp3) is 1.00. The van der Waals surface area contributed by atoms with E-state index >= 15 is 0 Å². The Morgan fingerprint density at radius 3 is 2.41 bits per heavy atom. The number of piperidine rings is 1. The zero-order valence-electron chi connectivity index (χ0n) is 12.3. The van der Waals surface area contributed by atoms with Crippen molar-refractivity contribution in [3.8, 4) is 0 Å². The van der Waals surface area contributed by atoms with Gasteiger partial charge in [0.05, 0.1) is 0 Å². The molecule has 100 valence electrons. The van der Waals surface area contributed by atoms with Gasteiger partial charge >= 0.3 is 0 Å². The van der Waals surface area contributed by atoms with Gasteiger partial charge in [-0.3, -0.25) is 0 Å². The van der Waals surface area contributed by atoms with Crippen LogP contribution >= 0.6 is 0 Å². The topological polar surface area (TPSA) is 3.24 Å². The zero-order valence-corrected chi connectivity index (χ0v) is 12.3. The molecule has 0 bridgehead atoms. The standard InChI is InChI=1S/C16H31N/c1-12(2)13(3)11-15-10-9-14-7-5-6-8-16(14)17(15)4/h12-16H,5-11H2,1-4H3. The van der Waals surface area contributed by atoms with E-state index in [0.717, 1.165) is 29.8 Å². The molecule has 1 saturated heterocycles. The second kappa shape index (κ2) is 5.73. The van der Waals surface area contributed by atoms with Gasteiger partial charge in [-0.2, -0.15) is 0 Å². The molecule has 0 aromatic carbocycles. The second-order valence-electron chi connectivity index (χ2n) is 6.97. The van der Waals surface area contributed by atoms with Crippen molar-refractivity contribution < 1.29 is 0 Å². The molecule has 0 N–H and O–H groups in total. The van der Waals surface area contributed by atoms with Crippen molar-refractivity contribution in [1.82, 2.24) is 4.90 Å². The van der Waals surface area contributed by atoms with Crippen molar-refractivity contribution >= 4 is 0 Å². The van der Waals surface area contributed by atoms with Crippen LogP contribution in [-0.4, -0.2) is 24.0 Å². The Bertz CT molecular complexity index is 236. The highest BCUT2D eigenvalue weighted by Crippen LogP contribution is 2.38. The van der Waals surface area contributed by atoms with Gasteiger partial charge in [0.15, 0.2) is 0 Å². The van der Waals surface area contributed by atoms with Crippen LogP contribution < -0.4 is 0 Å². The van der Waals surface area contributed by atoms with E-state index in [1.54, 1.807) is 0 Å². The molecule has 1 heterocycles. The first-order valence-electron chi connectivity index (χ1n) is 7.81. The molecule has 1 nitrogen and oxygen atoms in total. The Balaban J connectivity index is 1.92. The van der Waals surface area contributed by atoms with Crippen molar-refractivity contribution in [3.05, 3.63) is 0 Å². The summed E-state index contributed by atoms with van der Waals surface area (Å²) in [6.07, 6.45) is 10.3. The Kier molecular flexibility index (Phi) is 4.52.